The number of fused-ring (bicyclic) bond motifs is 1. The largest absolute Gasteiger partial charge is 0.338 e. The third-order valence-electron chi connectivity index (χ3n) is 6.70. The number of benzene rings is 1. The number of nitrogens with one attached hydrogen (secondary N) is 1. The number of amides is 1. The number of aromatic nitrogens is 1. The Morgan fingerprint density at radius 1 is 1.07 bits per heavy atom. The Morgan fingerprint density at radius 2 is 1.80 bits per heavy atom. The molecule has 0 radical (unpaired) electrons. The van der Waals surface area contributed by atoms with Crippen molar-refractivity contribution in [1.82, 2.24) is 15.2 Å². The van der Waals surface area contributed by atoms with Gasteiger partial charge >= 0.3 is 0 Å². The normalized spacial score (nSPS) is 18.1. The van der Waals surface area contributed by atoms with Crippen LogP contribution in [0.5, 0.6) is 0 Å². The van der Waals surface area contributed by atoms with Crippen molar-refractivity contribution in [2.75, 3.05) is 26.2 Å². The molecule has 0 unspecified atom stereocenters. The Balaban J connectivity index is 1.70. The summed E-state index contributed by atoms with van der Waals surface area (Å²) in [6.45, 7) is 7.63. The van der Waals surface area contributed by atoms with Crippen LogP contribution < -0.4 is 5.32 Å². The van der Waals surface area contributed by atoms with Crippen molar-refractivity contribution in [2.45, 2.75) is 46.0 Å². The summed E-state index contributed by atoms with van der Waals surface area (Å²) < 4.78 is 0. The Hall–Kier alpha value is -2.46. The second kappa shape index (κ2) is 9.13. The fourth-order valence-corrected chi connectivity index (χ4v) is 5.04. The lowest BCUT2D eigenvalue weighted by Crippen LogP contribution is -2.31. The van der Waals surface area contributed by atoms with E-state index in [9.17, 15) is 4.79 Å². The van der Waals surface area contributed by atoms with Gasteiger partial charge in [-0.3, -0.25) is 9.78 Å². The van der Waals surface area contributed by atoms with E-state index in [4.69, 9.17) is 0 Å². The maximum Gasteiger partial charge on any atom is 0.272 e. The van der Waals surface area contributed by atoms with E-state index < -0.39 is 0 Å². The number of nitrogens with zero attached hydrogens (tertiary/aromatic N) is 2. The molecule has 1 N–H and O–H groups in total. The molecule has 1 aromatic heterocycles. The second-order valence-corrected chi connectivity index (χ2v) is 8.62. The summed E-state index contributed by atoms with van der Waals surface area (Å²) in [6.07, 6.45) is 10.4. The molecule has 0 saturated carbocycles. The van der Waals surface area contributed by atoms with Crippen LogP contribution in [0.2, 0.25) is 0 Å². The molecular weight excluding hydrogens is 370 g/mol. The minimum absolute atomic E-state index is 0.00793. The van der Waals surface area contributed by atoms with E-state index >= 15 is 0 Å². The molecule has 1 amide bonds. The van der Waals surface area contributed by atoms with Gasteiger partial charge in [0.25, 0.3) is 5.91 Å². The lowest BCUT2D eigenvalue weighted by molar-refractivity contribution is 0.0767. The summed E-state index contributed by atoms with van der Waals surface area (Å²) >= 11 is 0. The van der Waals surface area contributed by atoms with Crippen LogP contribution in [-0.4, -0.2) is 42.0 Å². The predicted octanol–water partition coefficient (Wildman–Crippen LogP) is 4.70. The Morgan fingerprint density at radius 3 is 2.47 bits per heavy atom. The van der Waals surface area contributed by atoms with Crippen LogP contribution in [0.25, 0.3) is 5.57 Å². The van der Waals surface area contributed by atoms with Crippen molar-refractivity contribution in [3.63, 3.8) is 0 Å². The summed E-state index contributed by atoms with van der Waals surface area (Å²) in [4.78, 5) is 19.0. The maximum atomic E-state index is 12.6. The Kier molecular flexibility index (Phi) is 6.33. The number of carbonyl (C=O) groups is 1. The molecular formula is C26H33N3O. The van der Waals surface area contributed by atoms with Crippen LogP contribution in [0, 0.1) is 5.41 Å². The number of pyridine rings is 1. The molecule has 2 aromatic rings. The smallest absolute Gasteiger partial charge is 0.272 e. The standard InChI is InChI=1S/C26H33N3O/c1-3-29(4-2)25(30)24-12-11-21(19-28-24)23-18-26(13-7-15-27-16-8-14-26)17-20-9-5-6-10-22(20)23/h5-6,9-12,18-19,27H,3-4,7-8,13-17H2,1-2H3. The van der Waals surface area contributed by atoms with Gasteiger partial charge < -0.3 is 10.2 Å². The average molecular weight is 404 g/mol. The number of allylic oxidation sites excluding steroid dienone is 1. The third kappa shape index (κ3) is 4.20. The van der Waals surface area contributed by atoms with Gasteiger partial charge in [0.2, 0.25) is 0 Å². The molecule has 1 spiro atoms. The maximum absolute atomic E-state index is 12.6. The molecule has 4 heteroatoms. The first-order valence-corrected chi connectivity index (χ1v) is 11.4. The van der Waals surface area contributed by atoms with Gasteiger partial charge in [0.15, 0.2) is 0 Å². The minimum Gasteiger partial charge on any atom is -0.338 e. The van der Waals surface area contributed by atoms with Gasteiger partial charge in [-0.2, -0.15) is 0 Å². The monoisotopic (exact) mass is 403 g/mol. The molecule has 0 atom stereocenters. The summed E-state index contributed by atoms with van der Waals surface area (Å²) in [6, 6.07) is 12.8. The van der Waals surface area contributed by atoms with Crippen molar-refractivity contribution in [2.24, 2.45) is 5.41 Å². The first kappa shape index (κ1) is 20.8. The molecule has 1 aliphatic heterocycles. The highest BCUT2D eigenvalue weighted by atomic mass is 16.2. The van der Waals surface area contributed by atoms with E-state index in [0.29, 0.717) is 18.8 Å². The Bertz CT molecular complexity index is 904. The second-order valence-electron chi connectivity index (χ2n) is 8.62. The first-order chi connectivity index (χ1) is 14.7. The van der Waals surface area contributed by atoms with E-state index in [2.05, 4.69) is 46.7 Å². The van der Waals surface area contributed by atoms with Gasteiger partial charge in [0.05, 0.1) is 0 Å². The first-order valence-electron chi connectivity index (χ1n) is 11.4. The lowest BCUT2D eigenvalue weighted by atomic mass is 9.67. The van der Waals surface area contributed by atoms with E-state index in [1.807, 2.05) is 31.0 Å². The molecule has 2 heterocycles. The zero-order valence-electron chi connectivity index (χ0n) is 18.3. The number of rotatable bonds is 4. The molecule has 1 aromatic carbocycles. The number of hydrogen-bond donors (Lipinski definition) is 1. The molecule has 0 bridgehead atoms. The fraction of sp³-hybridized carbons (Fsp3) is 0.462. The summed E-state index contributed by atoms with van der Waals surface area (Å²) in [7, 11) is 0. The molecule has 4 rings (SSSR count). The lowest BCUT2D eigenvalue weighted by Gasteiger charge is -2.38. The van der Waals surface area contributed by atoms with Gasteiger partial charge in [0, 0.05) is 24.8 Å². The van der Waals surface area contributed by atoms with Crippen LogP contribution in [0.15, 0.2) is 48.7 Å². The van der Waals surface area contributed by atoms with Crippen molar-refractivity contribution in [3.8, 4) is 0 Å². The van der Waals surface area contributed by atoms with Crippen molar-refractivity contribution < 1.29 is 4.79 Å². The highest BCUT2D eigenvalue weighted by molar-refractivity contribution is 5.93. The topological polar surface area (TPSA) is 45.2 Å². The van der Waals surface area contributed by atoms with Gasteiger partial charge in [-0.15, -0.1) is 0 Å². The SMILES string of the molecule is CCN(CC)C(=O)c1ccc(C2=CC3(CCCNCCC3)Cc3ccccc32)cn1. The molecule has 1 aliphatic carbocycles. The van der Waals surface area contributed by atoms with Gasteiger partial charge in [0.1, 0.15) is 5.69 Å². The highest BCUT2D eigenvalue weighted by Crippen LogP contribution is 2.45. The Labute approximate surface area is 180 Å². The minimum atomic E-state index is 0.00793. The van der Waals surface area contributed by atoms with Crippen LogP contribution in [0.3, 0.4) is 0 Å². The van der Waals surface area contributed by atoms with Crippen LogP contribution in [0.4, 0.5) is 0 Å². The summed E-state index contributed by atoms with van der Waals surface area (Å²) in [5, 5.41) is 3.54. The van der Waals surface area contributed by atoms with E-state index in [1.165, 1.54) is 42.4 Å². The number of carbonyl (C=O) groups excluding carboxylic acids is 1. The van der Waals surface area contributed by atoms with Crippen LogP contribution >= 0.6 is 0 Å². The van der Waals surface area contributed by atoms with Gasteiger partial charge in [-0.05, 0) is 87.2 Å². The average Bonchev–Trinajstić information content (AvgIpc) is 2.77. The summed E-state index contributed by atoms with van der Waals surface area (Å²) in [5.74, 6) is 0.00793. The predicted molar refractivity (Wildman–Crippen MR) is 122 cm³/mol. The van der Waals surface area contributed by atoms with E-state index in [-0.39, 0.29) is 11.3 Å². The third-order valence-corrected chi connectivity index (χ3v) is 6.70. The molecule has 4 nitrogen and oxygen atoms in total. The van der Waals surface area contributed by atoms with Crippen molar-refractivity contribution in [3.05, 3.63) is 71.1 Å². The molecule has 1 fully saturated rings. The summed E-state index contributed by atoms with van der Waals surface area (Å²) in [5.41, 5.74) is 5.89. The quantitative estimate of drug-likeness (QED) is 0.805. The molecule has 1 saturated heterocycles. The van der Waals surface area contributed by atoms with Gasteiger partial charge in [-0.25, -0.2) is 0 Å². The van der Waals surface area contributed by atoms with Crippen LogP contribution in [0.1, 0.15) is 66.7 Å². The van der Waals surface area contributed by atoms with Crippen molar-refractivity contribution in [1.29, 1.82) is 0 Å². The number of hydrogen-bond acceptors (Lipinski definition) is 3. The van der Waals surface area contributed by atoms with Gasteiger partial charge in [-0.1, -0.05) is 36.4 Å². The van der Waals surface area contributed by atoms with E-state index in [0.717, 1.165) is 25.1 Å². The van der Waals surface area contributed by atoms with E-state index in [1.54, 1.807) is 0 Å². The zero-order chi connectivity index (χ0) is 21.0. The molecule has 30 heavy (non-hydrogen) atoms. The highest BCUT2D eigenvalue weighted by Gasteiger charge is 2.33. The molecule has 158 valence electrons. The zero-order valence-corrected chi connectivity index (χ0v) is 18.3. The van der Waals surface area contributed by atoms with Crippen molar-refractivity contribution >= 4 is 11.5 Å². The fourth-order valence-electron chi connectivity index (χ4n) is 5.04. The molecule has 2 aliphatic rings. The van der Waals surface area contributed by atoms with Crippen LogP contribution in [-0.2, 0) is 6.42 Å².